The van der Waals surface area contributed by atoms with Crippen molar-refractivity contribution in [1.29, 1.82) is 0 Å². The fraction of sp³-hybridized carbons (Fsp3) is 0.355. The Morgan fingerprint density at radius 3 is 2.40 bits per heavy atom. The fourth-order valence-corrected chi connectivity index (χ4v) is 6.13. The van der Waals surface area contributed by atoms with Gasteiger partial charge in [0.15, 0.2) is 18.1 Å². The van der Waals surface area contributed by atoms with E-state index in [0.29, 0.717) is 41.6 Å². The van der Waals surface area contributed by atoms with E-state index in [-0.39, 0.29) is 12.5 Å². The summed E-state index contributed by atoms with van der Waals surface area (Å²) in [6.07, 6.45) is 1.30. The molecule has 2 aliphatic rings. The van der Waals surface area contributed by atoms with Crippen LogP contribution in [0.15, 0.2) is 54.6 Å². The third-order valence-corrected chi connectivity index (χ3v) is 7.79. The molecule has 3 aromatic carbocycles. The number of ether oxygens (including phenoxy) is 5. The van der Waals surface area contributed by atoms with Crippen LogP contribution in [0.1, 0.15) is 54.9 Å². The smallest absolute Gasteiger partial charge is 0.341 e. The number of hydrogen-bond acceptors (Lipinski definition) is 7. The second kappa shape index (κ2) is 11.0. The molecule has 9 nitrogen and oxygen atoms in total. The Morgan fingerprint density at radius 2 is 1.70 bits per heavy atom. The van der Waals surface area contributed by atoms with Crippen LogP contribution in [0.3, 0.4) is 0 Å². The summed E-state index contributed by atoms with van der Waals surface area (Å²) >= 11 is 0. The molecule has 0 saturated carbocycles. The quantitative estimate of drug-likeness (QED) is 0.332. The maximum absolute atomic E-state index is 13.3. The van der Waals surface area contributed by atoms with E-state index in [2.05, 4.69) is 0 Å². The normalized spacial score (nSPS) is 20.6. The average molecular weight is 549 g/mol. The topological polar surface area (TPSA) is 121 Å². The summed E-state index contributed by atoms with van der Waals surface area (Å²) in [7, 11) is 1.50. The van der Waals surface area contributed by atoms with E-state index in [1.165, 1.54) is 7.11 Å². The molecule has 40 heavy (non-hydrogen) atoms. The van der Waals surface area contributed by atoms with Crippen LogP contribution in [0, 0.1) is 5.92 Å². The third-order valence-electron chi connectivity index (χ3n) is 7.79. The summed E-state index contributed by atoms with van der Waals surface area (Å²) in [6, 6.07) is 16.4. The molecule has 1 heterocycles. The number of fused-ring (bicyclic) bond motifs is 2. The maximum atomic E-state index is 13.3. The molecule has 0 bridgehead atoms. The second-order valence-corrected chi connectivity index (χ2v) is 9.87. The van der Waals surface area contributed by atoms with Crippen LogP contribution in [0.2, 0.25) is 0 Å². The highest BCUT2D eigenvalue weighted by molar-refractivity contribution is 5.80. The molecule has 9 heteroatoms. The van der Waals surface area contributed by atoms with Crippen molar-refractivity contribution in [3.8, 4) is 28.7 Å². The van der Waals surface area contributed by atoms with Crippen LogP contribution in [0.25, 0.3) is 0 Å². The van der Waals surface area contributed by atoms with Gasteiger partial charge in [0.05, 0.1) is 19.6 Å². The van der Waals surface area contributed by atoms with E-state index < -0.39 is 35.8 Å². The van der Waals surface area contributed by atoms with Crippen LogP contribution in [0.5, 0.6) is 28.7 Å². The molecule has 210 valence electrons. The van der Waals surface area contributed by atoms with Gasteiger partial charge in [-0.2, -0.15) is 0 Å². The standard InChI is InChI=1S/C31H32O9/c1-4-12-37-20-8-10-23-22(14-20)28(21-9-7-19(36-3)15-25(21)38-16-27(32)33)29(30(34)35)31(23,5-2)18-6-11-24-26(13-18)40-17-39-24/h6-11,13-15,28-29H,4-5,12,16-17H2,1-3H3,(H,32,33)(H,34,35). The molecule has 1 aliphatic heterocycles. The van der Waals surface area contributed by atoms with E-state index in [4.69, 9.17) is 23.7 Å². The third kappa shape index (κ3) is 4.55. The molecule has 2 N–H and O–H groups in total. The molecule has 0 saturated heterocycles. The molecular formula is C31H32O9. The van der Waals surface area contributed by atoms with Gasteiger partial charge in [0.2, 0.25) is 6.79 Å². The van der Waals surface area contributed by atoms with Crippen LogP contribution < -0.4 is 23.7 Å². The zero-order chi connectivity index (χ0) is 28.4. The molecule has 5 rings (SSSR count). The van der Waals surface area contributed by atoms with Gasteiger partial charge in [0.1, 0.15) is 17.2 Å². The van der Waals surface area contributed by atoms with Crippen molar-refractivity contribution in [2.75, 3.05) is 27.1 Å². The largest absolute Gasteiger partial charge is 0.497 e. The second-order valence-electron chi connectivity index (χ2n) is 9.87. The van der Waals surface area contributed by atoms with E-state index in [0.717, 1.165) is 23.1 Å². The highest BCUT2D eigenvalue weighted by Crippen LogP contribution is 2.60. The molecule has 0 amide bonds. The van der Waals surface area contributed by atoms with Crippen molar-refractivity contribution in [1.82, 2.24) is 0 Å². The lowest BCUT2D eigenvalue weighted by Crippen LogP contribution is -2.39. The highest BCUT2D eigenvalue weighted by Gasteiger charge is 2.57. The predicted molar refractivity (Wildman–Crippen MR) is 145 cm³/mol. The minimum Gasteiger partial charge on any atom is -0.497 e. The Kier molecular flexibility index (Phi) is 7.47. The van der Waals surface area contributed by atoms with Crippen LogP contribution in [-0.4, -0.2) is 49.3 Å². The van der Waals surface area contributed by atoms with Crippen molar-refractivity contribution in [2.24, 2.45) is 5.92 Å². The minimum absolute atomic E-state index is 0.105. The van der Waals surface area contributed by atoms with Gasteiger partial charge in [0.25, 0.3) is 0 Å². The molecule has 0 aromatic heterocycles. The van der Waals surface area contributed by atoms with E-state index >= 15 is 0 Å². The number of benzene rings is 3. The van der Waals surface area contributed by atoms with Gasteiger partial charge in [-0.15, -0.1) is 0 Å². The molecule has 3 aromatic rings. The van der Waals surface area contributed by atoms with E-state index in [1.807, 2.05) is 50.2 Å². The molecule has 0 spiro atoms. The average Bonchev–Trinajstić information content (AvgIpc) is 3.55. The number of rotatable bonds is 11. The number of carbonyl (C=O) groups is 2. The molecule has 0 fully saturated rings. The molecule has 0 radical (unpaired) electrons. The zero-order valence-electron chi connectivity index (χ0n) is 22.6. The Hall–Kier alpha value is -4.40. The van der Waals surface area contributed by atoms with Crippen molar-refractivity contribution >= 4 is 11.9 Å². The first-order valence-electron chi connectivity index (χ1n) is 13.3. The maximum Gasteiger partial charge on any atom is 0.341 e. The number of aliphatic carboxylic acids is 2. The molecular weight excluding hydrogens is 516 g/mol. The lowest BCUT2D eigenvalue weighted by atomic mass is 9.65. The lowest BCUT2D eigenvalue weighted by Gasteiger charge is -2.36. The van der Waals surface area contributed by atoms with Crippen molar-refractivity contribution in [3.05, 3.63) is 76.9 Å². The number of hydrogen-bond donors (Lipinski definition) is 2. The number of carboxylic acid groups (broad SMARTS) is 2. The fourth-order valence-electron chi connectivity index (χ4n) is 6.13. The van der Waals surface area contributed by atoms with Gasteiger partial charge >= 0.3 is 11.9 Å². The Bertz CT molecular complexity index is 1430. The van der Waals surface area contributed by atoms with Gasteiger partial charge in [-0.25, -0.2) is 4.79 Å². The molecule has 3 atom stereocenters. The molecule has 3 unspecified atom stereocenters. The number of methoxy groups -OCH3 is 1. The van der Waals surface area contributed by atoms with Crippen molar-refractivity contribution in [3.63, 3.8) is 0 Å². The summed E-state index contributed by atoms with van der Waals surface area (Å²) in [4.78, 5) is 24.8. The van der Waals surface area contributed by atoms with Gasteiger partial charge < -0.3 is 33.9 Å². The van der Waals surface area contributed by atoms with Crippen LogP contribution in [-0.2, 0) is 15.0 Å². The lowest BCUT2D eigenvalue weighted by molar-refractivity contribution is -0.144. The van der Waals surface area contributed by atoms with Gasteiger partial charge in [0, 0.05) is 23.0 Å². The van der Waals surface area contributed by atoms with Crippen molar-refractivity contribution < 1.29 is 43.5 Å². The first kappa shape index (κ1) is 27.2. The monoisotopic (exact) mass is 548 g/mol. The summed E-state index contributed by atoms with van der Waals surface area (Å²) in [5.74, 6) is -1.25. The predicted octanol–water partition coefficient (Wildman–Crippen LogP) is 5.22. The summed E-state index contributed by atoms with van der Waals surface area (Å²) in [5.41, 5.74) is 2.04. The highest BCUT2D eigenvalue weighted by atomic mass is 16.7. The minimum atomic E-state index is -1.14. The zero-order valence-corrected chi connectivity index (χ0v) is 22.6. The van der Waals surface area contributed by atoms with Crippen molar-refractivity contribution in [2.45, 2.75) is 38.0 Å². The summed E-state index contributed by atoms with van der Waals surface area (Å²) in [6.45, 7) is 4.03. The van der Waals surface area contributed by atoms with Gasteiger partial charge in [-0.3, -0.25) is 4.79 Å². The van der Waals surface area contributed by atoms with E-state index in [1.54, 1.807) is 18.2 Å². The SMILES string of the molecule is CCCOc1ccc2c(c1)C(c1ccc(OC)cc1OCC(=O)O)C(C(=O)O)C2(CC)c1ccc2c(c1)OCO2. The van der Waals surface area contributed by atoms with Crippen LogP contribution >= 0.6 is 0 Å². The Balaban J connectivity index is 1.77. The summed E-state index contributed by atoms with van der Waals surface area (Å²) in [5, 5.41) is 20.2. The van der Waals surface area contributed by atoms with Gasteiger partial charge in [-0.05, 0) is 59.9 Å². The Morgan fingerprint density at radius 1 is 0.925 bits per heavy atom. The van der Waals surface area contributed by atoms with E-state index in [9.17, 15) is 19.8 Å². The van der Waals surface area contributed by atoms with Crippen LogP contribution in [0.4, 0.5) is 0 Å². The first-order valence-corrected chi connectivity index (χ1v) is 13.3. The first-order chi connectivity index (χ1) is 19.3. The number of carboxylic acids is 2. The molecule has 1 aliphatic carbocycles. The summed E-state index contributed by atoms with van der Waals surface area (Å²) < 4.78 is 28.2. The Labute approximate surface area is 232 Å². The van der Waals surface area contributed by atoms with Gasteiger partial charge in [-0.1, -0.05) is 32.0 Å².